The van der Waals surface area contributed by atoms with Crippen LogP contribution in [0, 0.1) is 0 Å². The van der Waals surface area contributed by atoms with Crippen LogP contribution in [0.5, 0.6) is 11.5 Å². The van der Waals surface area contributed by atoms with Gasteiger partial charge in [0.25, 0.3) is 0 Å². The first kappa shape index (κ1) is 22.8. The molecule has 1 aliphatic heterocycles. The molecule has 1 aromatic carbocycles. The summed E-state index contributed by atoms with van der Waals surface area (Å²) >= 11 is 0. The van der Waals surface area contributed by atoms with Crippen molar-refractivity contribution in [2.75, 3.05) is 38.8 Å². The zero-order chi connectivity index (χ0) is 18.3. The van der Waals surface area contributed by atoms with Gasteiger partial charge < -0.3 is 20.1 Å². The Bertz CT molecular complexity index is 710. The van der Waals surface area contributed by atoms with Crippen molar-refractivity contribution in [1.82, 2.24) is 10.6 Å². The van der Waals surface area contributed by atoms with E-state index in [0.717, 1.165) is 17.1 Å². The van der Waals surface area contributed by atoms with E-state index >= 15 is 0 Å². The van der Waals surface area contributed by atoms with Gasteiger partial charge in [-0.25, -0.2) is 8.42 Å². The molecule has 0 saturated carbocycles. The molecule has 26 heavy (non-hydrogen) atoms. The summed E-state index contributed by atoms with van der Waals surface area (Å²) < 4.78 is 33.8. The Morgan fingerprint density at radius 2 is 2.08 bits per heavy atom. The first-order valence-corrected chi connectivity index (χ1v) is 10.3. The molecule has 148 valence electrons. The summed E-state index contributed by atoms with van der Waals surface area (Å²) in [6, 6.07) is 5.61. The normalized spacial score (nSPS) is 18.7. The molecule has 2 rings (SSSR count). The second kappa shape index (κ2) is 10.8. The van der Waals surface area contributed by atoms with E-state index in [9.17, 15) is 8.42 Å². The number of aliphatic imine (C=N–C) groups is 1. The highest BCUT2D eigenvalue weighted by Gasteiger charge is 2.28. The van der Waals surface area contributed by atoms with Crippen LogP contribution in [-0.2, 0) is 16.3 Å². The Labute approximate surface area is 172 Å². The van der Waals surface area contributed by atoms with Gasteiger partial charge in [0.15, 0.2) is 15.8 Å². The third kappa shape index (κ3) is 6.82. The second-order valence-corrected chi connectivity index (χ2v) is 8.16. The number of benzene rings is 1. The van der Waals surface area contributed by atoms with Crippen LogP contribution < -0.4 is 20.1 Å². The molecule has 9 heteroatoms. The Morgan fingerprint density at radius 3 is 2.65 bits per heavy atom. The SMILES string of the molecule is CCNC(=NCCc1cc(OC)ccc1OC)NC1CCS(=O)(=O)C1.I. The van der Waals surface area contributed by atoms with E-state index in [0.29, 0.717) is 31.9 Å². The van der Waals surface area contributed by atoms with Gasteiger partial charge >= 0.3 is 0 Å². The average Bonchev–Trinajstić information content (AvgIpc) is 2.93. The lowest BCUT2D eigenvalue weighted by atomic mass is 10.1. The van der Waals surface area contributed by atoms with Crippen molar-refractivity contribution in [3.05, 3.63) is 23.8 Å². The average molecular weight is 497 g/mol. The van der Waals surface area contributed by atoms with E-state index in [4.69, 9.17) is 9.47 Å². The van der Waals surface area contributed by atoms with Gasteiger partial charge in [0.05, 0.1) is 25.7 Å². The smallest absolute Gasteiger partial charge is 0.191 e. The van der Waals surface area contributed by atoms with Crippen molar-refractivity contribution in [3.63, 3.8) is 0 Å². The van der Waals surface area contributed by atoms with Crippen LogP contribution in [0.2, 0.25) is 0 Å². The lowest BCUT2D eigenvalue weighted by molar-refractivity contribution is 0.399. The third-order valence-corrected chi connectivity index (χ3v) is 5.82. The third-order valence-electron chi connectivity index (χ3n) is 4.06. The molecule has 1 fully saturated rings. The molecule has 0 aliphatic carbocycles. The molecular formula is C17H28IN3O4S. The quantitative estimate of drug-likeness (QED) is 0.338. The Balaban J connectivity index is 0.00000338. The van der Waals surface area contributed by atoms with Crippen LogP contribution in [-0.4, -0.2) is 59.2 Å². The highest BCUT2D eigenvalue weighted by atomic mass is 127. The molecule has 1 saturated heterocycles. The van der Waals surface area contributed by atoms with Gasteiger partial charge in [-0.3, -0.25) is 4.99 Å². The monoisotopic (exact) mass is 497 g/mol. The number of hydrogen-bond acceptors (Lipinski definition) is 5. The molecule has 1 heterocycles. The molecule has 7 nitrogen and oxygen atoms in total. The van der Waals surface area contributed by atoms with E-state index in [1.54, 1.807) is 14.2 Å². The summed E-state index contributed by atoms with van der Waals surface area (Å²) in [5, 5.41) is 6.38. The highest BCUT2D eigenvalue weighted by Crippen LogP contribution is 2.24. The van der Waals surface area contributed by atoms with Crippen molar-refractivity contribution >= 4 is 39.8 Å². The molecule has 2 N–H and O–H groups in total. The van der Waals surface area contributed by atoms with Crippen LogP contribution in [0.4, 0.5) is 0 Å². The Hall–Kier alpha value is -1.23. The minimum Gasteiger partial charge on any atom is -0.497 e. The number of hydrogen-bond donors (Lipinski definition) is 2. The fourth-order valence-electron chi connectivity index (χ4n) is 2.79. The van der Waals surface area contributed by atoms with Gasteiger partial charge in [0, 0.05) is 19.1 Å². The van der Waals surface area contributed by atoms with Crippen molar-refractivity contribution in [3.8, 4) is 11.5 Å². The Kier molecular flexibility index (Phi) is 9.48. The fourth-order valence-corrected chi connectivity index (χ4v) is 4.46. The van der Waals surface area contributed by atoms with Crippen molar-refractivity contribution in [2.24, 2.45) is 4.99 Å². The van der Waals surface area contributed by atoms with Gasteiger partial charge in [-0.2, -0.15) is 0 Å². The number of nitrogens with one attached hydrogen (secondary N) is 2. The predicted molar refractivity (Wildman–Crippen MR) is 115 cm³/mol. The molecule has 0 bridgehead atoms. The maximum Gasteiger partial charge on any atom is 0.191 e. The Morgan fingerprint density at radius 1 is 1.31 bits per heavy atom. The highest BCUT2D eigenvalue weighted by molar-refractivity contribution is 14.0. The molecule has 1 unspecified atom stereocenters. The van der Waals surface area contributed by atoms with Crippen molar-refractivity contribution in [1.29, 1.82) is 0 Å². The molecule has 0 radical (unpaired) electrons. The van der Waals surface area contributed by atoms with Crippen LogP contribution in [0.1, 0.15) is 18.9 Å². The summed E-state index contributed by atoms with van der Waals surface area (Å²) in [6.45, 7) is 3.25. The molecule has 1 aromatic rings. The topological polar surface area (TPSA) is 89.0 Å². The number of ether oxygens (including phenoxy) is 2. The maximum atomic E-state index is 11.6. The summed E-state index contributed by atoms with van der Waals surface area (Å²) in [7, 11) is 0.359. The maximum absolute atomic E-state index is 11.6. The van der Waals surface area contributed by atoms with E-state index in [1.807, 2.05) is 25.1 Å². The molecule has 0 aromatic heterocycles. The van der Waals surface area contributed by atoms with E-state index in [2.05, 4.69) is 15.6 Å². The van der Waals surface area contributed by atoms with Gasteiger partial charge in [-0.15, -0.1) is 24.0 Å². The van der Waals surface area contributed by atoms with Gasteiger partial charge in [-0.1, -0.05) is 0 Å². The first-order valence-electron chi connectivity index (χ1n) is 8.43. The molecule has 1 aliphatic rings. The lowest BCUT2D eigenvalue weighted by Crippen LogP contribution is -2.44. The minimum absolute atomic E-state index is 0. The number of halogens is 1. The van der Waals surface area contributed by atoms with E-state index < -0.39 is 9.84 Å². The zero-order valence-electron chi connectivity index (χ0n) is 15.4. The number of sulfone groups is 1. The van der Waals surface area contributed by atoms with Crippen molar-refractivity contribution in [2.45, 2.75) is 25.8 Å². The van der Waals surface area contributed by atoms with Gasteiger partial charge in [0.1, 0.15) is 11.5 Å². The van der Waals surface area contributed by atoms with Crippen LogP contribution >= 0.6 is 24.0 Å². The summed E-state index contributed by atoms with van der Waals surface area (Å²) in [5.41, 5.74) is 1.02. The van der Waals surface area contributed by atoms with Crippen molar-refractivity contribution < 1.29 is 17.9 Å². The number of guanidine groups is 1. The minimum atomic E-state index is -2.91. The molecular weight excluding hydrogens is 469 g/mol. The van der Waals surface area contributed by atoms with Gasteiger partial charge in [-0.05, 0) is 43.5 Å². The van der Waals surface area contributed by atoms with E-state index in [-0.39, 0.29) is 41.5 Å². The first-order chi connectivity index (χ1) is 12.0. The number of methoxy groups -OCH3 is 2. The molecule has 0 spiro atoms. The largest absolute Gasteiger partial charge is 0.497 e. The number of nitrogens with zero attached hydrogens (tertiary/aromatic N) is 1. The van der Waals surface area contributed by atoms with Gasteiger partial charge in [0.2, 0.25) is 0 Å². The summed E-state index contributed by atoms with van der Waals surface area (Å²) in [6.07, 6.45) is 1.32. The lowest BCUT2D eigenvalue weighted by Gasteiger charge is -2.16. The molecule has 0 amide bonds. The predicted octanol–water partition coefficient (Wildman–Crippen LogP) is 1.61. The van der Waals surface area contributed by atoms with Crippen LogP contribution in [0.3, 0.4) is 0 Å². The fraction of sp³-hybridized carbons (Fsp3) is 0.588. The molecule has 1 atom stereocenters. The standard InChI is InChI=1S/C17H27N3O4S.HI/c1-4-18-17(20-14-8-10-25(21,22)12-14)19-9-7-13-11-15(23-2)5-6-16(13)24-3;/h5-6,11,14H,4,7-10,12H2,1-3H3,(H2,18,19,20);1H. The van der Waals surface area contributed by atoms with Crippen LogP contribution in [0.25, 0.3) is 0 Å². The summed E-state index contributed by atoms with van der Waals surface area (Å²) in [5.74, 6) is 2.63. The van der Waals surface area contributed by atoms with E-state index in [1.165, 1.54) is 0 Å². The number of rotatable bonds is 7. The van der Waals surface area contributed by atoms with Crippen LogP contribution in [0.15, 0.2) is 23.2 Å². The summed E-state index contributed by atoms with van der Waals surface area (Å²) in [4.78, 5) is 4.55. The second-order valence-electron chi connectivity index (χ2n) is 5.93. The zero-order valence-corrected chi connectivity index (χ0v) is 18.6.